The van der Waals surface area contributed by atoms with Gasteiger partial charge in [0.2, 0.25) is 5.75 Å². The number of rotatable bonds is 15. The van der Waals surface area contributed by atoms with Crippen molar-refractivity contribution >= 4 is 12.0 Å². The van der Waals surface area contributed by atoms with Crippen LogP contribution in [0.3, 0.4) is 0 Å². The molecule has 2 aromatic rings. The van der Waals surface area contributed by atoms with Gasteiger partial charge in [0.15, 0.2) is 29.3 Å². The van der Waals surface area contributed by atoms with Crippen LogP contribution in [0.5, 0.6) is 28.7 Å². The van der Waals surface area contributed by atoms with E-state index in [1.165, 1.54) is 28.4 Å². The number of aliphatic hydroxyl groups is 5. The SMILES string of the molecule is C=C(CCO)C(=O)OC[C@@H]1O[C@H](OC/C=C/c2cc(OC)c3c(c2)[C@@H](CO)[C@@H](c2cc(OC)c(OC)c(OC)c2)O3)[C@@H](O)[C@H](O)[C@@H]1O. The predicted octanol–water partition coefficient (Wildman–Crippen LogP) is 1.25. The maximum atomic E-state index is 12.0. The molecule has 0 unspecified atom stereocenters. The summed E-state index contributed by atoms with van der Waals surface area (Å²) in [5.74, 6) is 0.993. The van der Waals surface area contributed by atoms with Crippen molar-refractivity contribution in [1.29, 1.82) is 0 Å². The fourth-order valence-electron chi connectivity index (χ4n) is 5.45. The molecule has 4 rings (SSSR count). The van der Waals surface area contributed by atoms with Crippen LogP contribution in [0, 0.1) is 0 Å². The quantitative estimate of drug-likeness (QED) is 0.135. The molecule has 14 heteroatoms. The van der Waals surface area contributed by atoms with Gasteiger partial charge in [0, 0.05) is 29.7 Å². The van der Waals surface area contributed by atoms with Gasteiger partial charge in [0.05, 0.1) is 47.6 Å². The van der Waals surface area contributed by atoms with Crippen molar-refractivity contribution in [2.24, 2.45) is 0 Å². The van der Waals surface area contributed by atoms with E-state index in [9.17, 15) is 25.2 Å². The maximum Gasteiger partial charge on any atom is 0.333 e. The standard InChI is InChI=1S/C33H42O14/c1-17(8-9-34)32(39)45-16-25-26(36)27(37)28(38)33(46-25)44-10-6-7-18-11-20-21(15-35)29(47-30(20)22(12-18)40-2)19-13-23(41-3)31(43-5)24(14-19)42-4/h6-7,11-14,21,25-29,33-38H,1,8-10,15-16H2,2-5H3/b7-6+/t21-,25+,26-,27-,28+,29-,33+/m1/s1. The van der Waals surface area contributed by atoms with Crippen molar-refractivity contribution in [3.8, 4) is 28.7 Å². The predicted molar refractivity (Wildman–Crippen MR) is 166 cm³/mol. The Hall–Kier alpha value is -3.89. The average molecular weight is 663 g/mol. The fraction of sp³-hybridized carbons (Fsp3) is 0.485. The number of hydrogen-bond donors (Lipinski definition) is 5. The molecular weight excluding hydrogens is 620 g/mol. The Morgan fingerprint density at radius 1 is 0.915 bits per heavy atom. The van der Waals surface area contributed by atoms with E-state index in [0.717, 1.165) is 0 Å². The summed E-state index contributed by atoms with van der Waals surface area (Å²) < 4.78 is 44.7. The lowest BCUT2D eigenvalue weighted by Crippen LogP contribution is -2.59. The summed E-state index contributed by atoms with van der Waals surface area (Å²) in [7, 11) is 6.05. The number of methoxy groups -OCH3 is 4. The molecule has 0 aliphatic carbocycles. The molecule has 0 amide bonds. The number of hydrogen-bond acceptors (Lipinski definition) is 14. The molecule has 2 aliphatic rings. The largest absolute Gasteiger partial charge is 0.493 e. The minimum Gasteiger partial charge on any atom is -0.493 e. The highest BCUT2D eigenvalue weighted by atomic mass is 16.7. The molecule has 47 heavy (non-hydrogen) atoms. The van der Waals surface area contributed by atoms with Crippen LogP contribution in [0.15, 0.2) is 42.5 Å². The van der Waals surface area contributed by atoms with Gasteiger partial charge in [0.1, 0.15) is 37.1 Å². The van der Waals surface area contributed by atoms with Gasteiger partial charge in [-0.05, 0) is 29.8 Å². The van der Waals surface area contributed by atoms with Crippen LogP contribution in [0.25, 0.3) is 6.08 Å². The van der Waals surface area contributed by atoms with Crippen LogP contribution in [0.4, 0.5) is 0 Å². The first kappa shape index (κ1) is 36.0. The summed E-state index contributed by atoms with van der Waals surface area (Å²) in [5, 5.41) is 50.5. The second kappa shape index (κ2) is 16.3. The molecule has 0 radical (unpaired) electrons. The molecule has 0 spiro atoms. The van der Waals surface area contributed by atoms with Gasteiger partial charge in [-0.25, -0.2) is 4.79 Å². The van der Waals surface area contributed by atoms with Crippen LogP contribution in [0.2, 0.25) is 0 Å². The van der Waals surface area contributed by atoms with Crippen LogP contribution < -0.4 is 23.7 Å². The Kier molecular flexibility index (Phi) is 12.5. The highest BCUT2D eigenvalue weighted by Crippen LogP contribution is 2.52. The van der Waals surface area contributed by atoms with Crippen molar-refractivity contribution in [2.75, 3.05) is 54.9 Å². The van der Waals surface area contributed by atoms with Gasteiger partial charge in [0.25, 0.3) is 0 Å². The second-order valence-corrected chi connectivity index (χ2v) is 10.9. The van der Waals surface area contributed by atoms with E-state index in [4.69, 9.17) is 43.0 Å². The van der Waals surface area contributed by atoms with Gasteiger partial charge in [-0.2, -0.15) is 0 Å². The average Bonchev–Trinajstić information content (AvgIpc) is 3.46. The van der Waals surface area contributed by atoms with Crippen LogP contribution in [-0.4, -0.2) is 117 Å². The summed E-state index contributed by atoms with van der Waals surface area (Å²) in [6.07, 6.45) is -4.49. The summed E-state index contributed by atoms with van der Waals surface area (Å²) in [4.78, 5) is 12.0. The summed E-state index contributed by atoms with van der Waals surface area (Å²) in [6, 6.07) is 7.15. The lowest BCUT2D eigenvalue weighted by molar-refractivity contribution is -0.299. The molecule has 2 heterocycles. The minimum absolute atomic E-state index is 0.0177. The topological polar surface area (TPSA) is 192 Å². The van der Waals surface area contributed by atoms with Crippen LogP contribution >= 0.6 is 0 Å². The first-order valence-corrected chi connectivity index (χ1v) is 14.8. The molecule has 0 aromatic heterocycles. The highest BCUT2D eigenvalue weighted by molar-refractivity contribution is 5.87. The molecule has 2 aromatic carbocycles. The first-order chi connectivity index (χ1) is 22.6. The normalized spacial score (nSPS) is 25.2. The van der Waals surface area contributed by atoms with Gasteiger partial charge in [-0.3, -0.25) is 0 Å². The van der Waals surface area contributed by atoms with Crippen LogP contribution in [0.1, 0.15) is 35.1 Å². The van der Waals surface area contributed by atoms with Crippen molar-refractivity contribution < 1.29 is 68.2 Å². The zero-order valence-electron chi connectivity index (χ0n) is 26.7. The molecule has 1 saturated heterocycles. The van der Waals surface area contributed by atoms with Crippen molar-refractivity contribution in [3.05, 3.63) is 59.2 Å². The molecule has 1 fully saturated rings. The molecule has 2 aliphatic heterocycles. The molecule has 14 nitrogen and oxygen atoms in total. The monoisotopic (exact) mass is 662 g/mol. The molecule has 5 N–H and O–H groups in total. The van der Waals surface area contributed by atoms with E-state index in [1.54, 1.807) is 30.4 Å². The lowest BCUT2D eigenvalue weighted by atomic mass is 9.90. The smallest absolute Gasteiger partial charge is 0.333 e. The van der Waals surface area contributed by atoms with E-state index in [0.29, 0.717) is 45.4 Å². The third-order valence-electron chi connectivity index (χ3n) is 7.96. The number of ether oxygens (including phenoxy) is 8. The second-order valence-electron chi connectivity index (χ2n) is 10.9. The van der Waals surface area contributed by atoms with E-state index in [2.05, 4.69) is 6.58 Å². The fourth-order valence-corrected chi connectivity index (χ4v) is 5.45. The van der Waals surface area contributed by atoms with Gasteiger partial charge in [-0.15, -0.1) is 0 Å². The van der Waals surface area contributed by atoms with Gasteiger partial charge < -0.3 is 63.4 Å². The number of fused-ring (bicyclic) bond motifs is 1. The zero-order chi connectivity index (χ0) is 34.2. The molecule has 258 valence electrons. The van der Waals surface area contributed by atoms with E-state index in [-0.39, 0.29) is 31.8 Å². The number of aliphatic hydroxyl groups excluding tert-OH is 5. The molecule has 0 saturated carbocycles. The zero-order valence-corrected chi connectivity index (χ0v) is 26.7. The van der Waals surface area contributed by atoms with Crippen LogP contribution in [-0.2, 0) is 19.0 Å². The Bertz CT molecular complexity index is 1400. The minimum atomic E-state index is -1.63. The van der Waals surface area contributed by atoms with Crippen molar-refractivity contribution in [1.82, 2.24) is 0 Å². The Morgan fingerprint density at radius 2 is 1.60 bits per heavy atom. The number of esters is 1. The third kappa shape index (κ3) is 7.81. The van der Waals surface area contributed by atoms with E-state index < -0.39 is 55.3 Å². The summed E-state index contributed by atoms with van der Waals surface area (Å²) in [6.45, 7) is 2.49. The van der Waals surface area contributed by atoms with E-state index >= 15 is 0 Å². The Labute approximate surface area is 272 Å². The molecule has 7 atom stereocenters. The van der Waals surface area contributed by atoms with E-state index in [1.807, 2.05) is 6.07 Å². The molecular formula is C33H42O14. The van der Waals surface area contributed by atoms with Crippen molar-refractivity contribution in [3.63, 3.8) is 0 Å². The highest BCUT2D eigenvalue weighted by Gasteiger charge is 2.45. The number of carbonyl (C=O) groups excluding carboxylic acids is 1. The van der Waals surface area contributed by atoms with Gasteiger partial charge in [-0.1, -0.05) is 18.7 Å². The summed E-state index contributed by atoms with van der Waals surface area (Å²) in [5.41, 5.74) is 2.15. The number of benzene rings is 2. The number of carbonyl (C=O) groups is 1. The first-order valence-electron chi connectivity index (χ1n) is 14.8. The van der Waals surface area contributed by atoms with Gasteiger partial charge >= 0.3 is 5.97 Å². The van der Waals surface area contributed by atoms with Crippen molar-refractivity contribution in [2.45, 2.75) is 49.1 Å². The Balaban J connectivity index is 1.46. The summed E-state index contributed by atoms with van der Waals surface area (Å²) >= 11 is 0. The Morgan fingerprint density at radius 3 is 2.19 bits per heavy atom. The maximum absolute atomic E-state index is 12.0. The lowest BCUT2D eigenvalue weighted by Gasteiger charge is -2.39. The molecule has 0 bridgehead atoms. The third-order valence-corrected chi connectivity index (χ3v) is 7.96.